The van der Waals surface area contributed by atoms with E-state index in [1.54, 1.807) is 0 Å². The summed E-state index contributed by atoms with van der Waals surface area (Å²) in [5.74, 6) is 2.09. The van der Waals surface area contributed by atoms with Crippen molar-refractivity contribution < 1.29 is 17.7 Å². The molecule has 9 heteroatoms. The smallest absolute Gasteiger partial charge is 0.230 e. The van der Waals surface area contributed by atoms with Crippen LogP contribution in [0.5, 0.6) is 0 Å². The second-order valence-corrected chi connectivity index (χ2v) is 16.7. The Morgan fingerprint density at radius 1 is 0.953 bits per heavy atom. The van der Waals surface area contributed by atoms with Crippen LogP contribution in [0.2, 0.25) is 0 Å². The van der Waals surface area contributed by atoms with E-state index in [4.69, 9.17) is 9.62 Å². The first-order valence-corrected chi connectivity index (χ1v) is 18.2. The molecule has 2 bridgehead atoms. The number of hydrogen-bond acceptors (Lipinski definition) is 6. The molecule has 6 fully saturated rings. The summed E-state index contributed by atoms with van der Waals surface area (Å²) in [4.78, 5) is 16.3. The topological polar surface area (TPSA) is 98.3 Å². The van der Waals surface area contributed by atoms with Gasteiger partial charge in [0.15, 0.2) is 0 Å². The van der Waals surface area contributed by atoms with Crippen LogP contribution in [0.3, 0.4) is 0 Å². The van der Waals surface area contributed by atoms with Crippen LogP contribution in [0.1, 0.15) is 106 Å². The lowest BCUT2D eigenvalue weighted by atomic mass is 9.52. The molecule has 8 nitrogen and oxygen atoms in total. The Morgan fingerprint density at radius 3 is 2.33 bits per heavy atom. The van der Waals surface area contributed by atoms with Gasteiger partial charge < -0.3 is 9.42 Å². The number of rotatable bonds is 8. The average molecular weight is 603 g/mol. The Bertz CT molecular complexity index is 1630. The monoisotopic (exact) mass is 602 g/mol. The number of carbonyl (C=O) groups excluding carboxylic acids is 1. The van der Waals surface area contributed by atoms with Crippen molar-refractivity contribution in [1.29, 1.82) is 0 Å². The third-order valence-corrected chi connectivity index (χ3v) is 13.2. The van der Waals surface area contributed by atoms with Gasteiger partial charge in [-0.3, -0.25) is 9.48 Å². The molecule has 0 radical (unpaired) electrons. The molecule has 0 N–H and O–H groups in total. The third kappa shape index (κ3) is 5.15. The zero-order valence-electron chi connectivity index (χ0n) is 25.1. The molecule has 5 aliphatic carbocycles. The Hall–Kier alpha value is -2.94. The highest BCUT2D eigenvalue weighted by Crippen LogP contribution is 2.58. The molecule has 2 aromatic heterocycles. The number of amides is 1. The van der Waals surface area contributed by atoms with E-state index in [9.17, 15) is 13.2 Å². The van der Waals surface area contributed by atoms with Gasteiger partial charge in [0.05, 0.1) is 17.2 Å². The fourth-order valence-corrected chi connectivity index (χ4v) is 9.75. The van der Waals surface area contributed by atoms with Gasteiger partial charge in [-0.2, -0.15) is 5.10 Å². The molecule has 43 heavy (non-hydrogen) atoms. The quantitative estimate of drug-likeness (QED) is 0.301. The Balaban J connectivity index is 1.07. The van der Waals surface area contributed by atoms with Gasteiger partial charge in [0, 0.05) is 59.8 Å². The highest BCUT2D eigenvalue weighted by molar-refractivity contribution is 7.91. The zero-order valence-corrected chi connectivity index (χ0v) is 25.9. The fraction of sp³-hybridized carbons (Fsp3) is 0.618. The maximum atomic E-state index is 14.3. The van der Waals surface area contributed by atoms with E-state index in [1.807, 2.05) is 29.2 Å². The molecule has 6 aliphatic rings. The van der Waals surface area contributed by atoms with Gasteiger partial charge in [0.25, 0.3) is 0 Å². The second-order valence-electron chi connectivity index (χ2n) is 14.4. The number of fused-ring (bicyclic) bond motifs is 3. The fourth-order valence-electron chi connectivity index (χ4n) is 8.26. The maximum Gasteiger partial charge on any atom is 0.230 e. The van der Waals surface area contributed by atoms with Crippen molar-refractivity contribution in [2.45, 2.75) is 94.3 Å². The van der Waals surface area contributed by atoms with Gasteiger partial charge >= 0.3 is 0 Å². The summed E-state index contributed by atoms with van der Waals surface area (Å²) in [6.45, 7) is 0.680. The summed E-state index contributed by atoms with van der Waals surface area (Å²) in [5, 5.41) is 9.26. The summed E-state index contributed by atoms with van der Waals surface area (Å²) < 4.78 is 32.2. The highest BCUT2D eigenvalue weighted by atomic mass is 32.2. The summed E-state index contributed by atoms with van der Waals surface area (Å²) in [7, 11) is -0.935. The highest BCUT2D eigenvalue weighted by Gasteiger charge is 2.52. The molecule has 3 heterocycles. The largest absolute Gasteiger partial charge is 0.360 e. The Kier molecular flexibility index (Phi) is 6.45. The van der Waals surface area contributed by atoms with Crippen LogP contribution in [-0.4, -0.2) is 47.3 Å². The van der Waals surface area contributed by atoms with Crippen LogP contribution in [0.15, 0.2) is 40.9 Å². The summed E-state index contributed by atoms with van der Waals surface area (Å²) >= 11 is 0. The second kappa shape index (κ2) is 10.0. The van der Waals surface area contributed by atoms with Crippen LogP contribution in [-0.2, 0) is 27.1 Å². The molecular weight excluding hydrogens is 560 g/mol. The van der Waals surface area contributed by atoms with Crippen molar-refractivity contribution in [1.82, 2.24) is 14.9 Å². The molecule has 1 saturated heterocycles. The van der Waals surface area contributed by atoms with Gasteiger partial charge in [-0.1, -0.05) is 17.3 Å². The SMILES string of the molecule is Cn1nc(C2CC2)cc1C12CCC(CN(C(=O)C3CCS(=O)(=O)CC3)c3cccc(-c4cc(C5CC5)on4)c3)(CC1)CC2. The van der Waals surface area contributed by atoms with Crippen molar-refractivity contribution in [2.75, 3.05) is 23.0 Å². The number of aromatic nitrogens is 3. The van der Waals surface area contributed by atoms with E-state index in [0.717, 1.165) is 74.1 Å². The van der Waals surface area contributed by atoms with E-state index in [0.29, 0.717) is 31.2 Å². The van der Waals surface area contributed by atoms with Crippen molar-refractivity contribution in [3.8, 4) is 11.3 Å². The van der Waals surface area contributed by atoms with E-state index < -0.39 is 9.84 Å². The first-order valence-electron chi connectivity index (χ1n) is 16.3. The molecule has 1 aliphatic heterocycles. The number of sulfone groups is 1. The van der Waals surface area contributed by atoms with E-state index in [-0.39, 0.29) is 34.2 Å². The van der Waals surface area contributed by atoms with Crippen LogP contribution in [0.25, 0.3) is 11.3 Å². The summed E-state index contributed by atoms with van der Waals surface area (Å²) in [6, 6.07) is 12.6. The summed E-state index contributed by atoms with van der Waals surface area (Å²) in [5.41, 5.74) is 5.57. The summed E-state index contributed by atoms with van der Waals surface area (Å²) in [6.07, 6.45) is 12.3. The first-order chi connectivity index (χ1) is 20.7. The number of anilines is 1. The molecule has 9 rings (SSSR count). The van der Waals surface area contributed by atoms with Gasteiger partial charge in [0.1, 0.15) is 21.3 Å². The van der Waals surface area contributed by atoms with Crippen LogP contribution < -0.4 is 4.90 Å². The molecule has 3 aromatic rings. The minimum atomic E-state index is -3.05. The van der Waals surface area contributed by atoms with Crippen molar-refractivity contribution in [3.63, 3.8) is 0 Å². The predicted molar refractivity (Wildman–Crippen MR) is 165 cm³/mol. The Morgan fingerprint density at radius 2 is 1.65 bits per heavy atom. The number of hydrogen-bond donors (Lipinski definition) is 0. The number of nitrogens with zero attached hydrogens (tertiary/aromatic N) is 4. The van der Waals surface area contributed by atoms with E-state index >= 15 is 0 Å². The molecule has 228 valence electrons. The molecular formula is C34H42N4O4S. The third-order valence-electron chi connectivity index (χ3n) is 11.5. The normalized spacial score (nSPS) is 28.7. The number of aryl methyl sites for hydroxylation is 1. The molecule has 0 spiro atoms. The lowest BCUT2D eigenvalue weighted by molar-refractivity contribution is -0.123. The van der Waals surface area contributed by atoms with E-state index in [2.05, 4.69) is 29.0 Å². The van der Waals surface area contributed by atoms with Crippen LogP contribution in [0.4, 0.5) is 5.69 Å². The predicted octanol–water partition coefficient (Wildman–Crippen LogP) is 6.28. The number of carbonyl (C=O) groups is 1. The molecule has 5 saturated carbocycles. The van der Waals surface area contributed by atoms with Gasteiger partial charge in [-0.25, -0.2) is 8.42 Å². The van der Waals surface area contributed by atoms with Crippen LogP contribution in [0, 0.1) is 11.3 Å². The molecule has 1 aromatic carbocycles. The van der Waals surface area contributed by atoms with Crippen molar-refractivity contribution >= 4 is 21.4 Å². The average Bonchev–Trinajstić information content (AvgIpc) is 3.96. The minimum absolute atomic E-state index is 0.0686. The van der Waals surface area contributed by atoms with Gasteiger partial charge in [-0.15, -0.1) is 0 Å². The van der Waals surface area contributed by atoms with Gasteiger partial charge in [-0.05, 0) is 101 Å². The Labute approximate surface area is 254 Å². The maximum absolute atomic E-state index is 14.3. The number of benzene rings is 1. The lowest BCUT2D eigenvalue weighted by Gasteiger charge is -2.54. The molecule has 0 unspecified atom stereocenters. The zero-order chi connectivity index (χ0) is 29.4. The molecule has 1 amide bonds. The molecule has 0 atom stereocenters. The van der Waals surface area contributed by atoms with Gasteiger partial charge in [0.2, 0.25) is 5.91 Å². The van der Waals surface area contributed by atoms with Crippen molar-refractivity contribution in [2.24, 2.45) is 18.4 Å². The van der Waals surface area contributed by atoms with E-state index in [1.165, 1.54) is 24.2 Å². The van der Waals surface area contributed by atoms with Crippen LogP contribution >= 0.6 is 0 Å². The first kappa shape index (κ1) is 27.6. The van der Waals surface area contributed by atoms with Crippen molar-refractivity contribution in [3.05, 3.63) is 53.5 Å². The standard InChI is InChI=1S/C34H42N4O4S/c1-37-31(21-28(35-37)23-5-6-23)34-14-11-33(12-15-34,13-16-34)22-38(32(39)25-9-17-43(40,41)18-10-25)27-4-2-3-26(19-27)29-20-30(42-36-29)24-7-8-24/h2-4,19-21,23-25H,5-18,22H2,1H3. The minimum Gasteiger partial charge on any atom is -0.360 e. The lowest BCUT2D eigenvalue weighted by Crippen LogP contribution is -2.52.